The van der Waals surface area contributed by atoms with Gasteiger partial charge in [0.15, 0.2) is 0 Å². The molecule has 1 atom stereocenters. The number of H-pyrrole nitrogens is 1. The number of amides is 3. The van der Waals surface area contributed by atoms with Crippen LogP contribution in [0.4, 0.5) is 4.79 Å². The van der Waals surface area contributed by atoms with Crippen molar-refractivity contribution in [3.05, 3.63) is 71.9 Å². The van der Waals surface area contributed by atoms with Gasteiger partial charge in [-0.05, 0) is 61.9 Å². The zero-order chi connectivity index (χ0) is 21.3. The molecule has 6 nitrogen and oxygen atoms in total. The quantitative estimate of drug-likeness (QED) is 0.538. The van der Waals surface area contributed by atoms with Gasteiger partial charge in [-0.1, -0.05) is 48.5 Å². The molecule has 0 bridgehead atoms. The highest BCUT2D eigenvalue weighted by Crippen LogP contribution is 2.35. The van der Waals surface area contributed by atoms with Gasteiger partial charge in [-0.3, -0.25) is 15.0 Å². The van der Waals surface area contributed by atoms with Gasteiger partial charge in [-0.2, -0.15) is 0 Å². The summed E-state index contributed by atoms with van der Waals surface area (Å²) in [6.45, 7) is 2.73. The van der Waals surface area contributed by atoms with Crippen molar-refractivity contribution in [3.8, 4) is 0 Å². The zero-order valence-electron chi connectivity index (χ0n) is 17.6. The molecule has 5 rings (SSSR count). The number of likely N-dealkylation sites (tertiary alicyclic amines) is 1. The van der Waals surface area contributed by atoms with Gasteiger partial charge < -0.3 is 10.3 Å². The molecule has 2 aliphatic rings. The highest BCUT2D eigenvalue weighted by atomic mass is 16.2. The molecular weight excluding hydrogens is 388 g/mol. The van der Waals surface area contributed by atoms with Crippen LogP contribution in [0.2, 0.25) is 0 Å². The van der Waals surface area contributed by atoms with E-state index in [9.17, 15) is 9.59 Å². The second kappa shape index (κ2) is 8.19. The molecule has 0 radical (unpaired) electrons. The second-order valence-electron chi connectivity index (χ2n) is 8.78. The summed E-state index contributed by atoms with van der Waals surface area (Å²) in [5.74, 6) is -0.0228. The highest BCUT2D eigenvalue weighted by Gasteiger charge is 2.51. The molecule has 0 spiro atoms. The molecule has 2 saturated heterocycles. The number of aryl methyl sites for hydroxylation is 1. The molecule has 0 saturated carbocycles. The number of aromatic nitrogens is 1. The van der Waals surface area contributed by atoms with Gasteiger partial charge in [0, 0.05) is 23.6 Å². The predicted molar refractivity (Wildman–Crippen MR) is 120 cm³/mol. The molecule has 0 unspecified atom stereocenters. The Morgan fingerprint density at radius 2 is 1.71 bits per heavy atom. The molecule has 2 fully saturated rings. The number of para-hydroxylation sites is 1. The van der Waals surface area contributed by atoms with E-state index < -0.39 is 5.54 Å². The topological polar surface area (TPSA) is 77.2 Å². The predicted octanol–water partition coefficient (Wildman–Crippen LogP) is 3.59. The second-order valence-corrected chi connectivity index (χ2v) is 8.78. The van der Waals surface area contributed by atoms with Crippen LogP contribution in [0.25, 0.3) is 10.9 Å². The Labute approximate surface area is 182 Å². The maximum absolute atomic E-state index is 12.9. The lowest BCUT2D eigenvalue weighted by atomic mass is 9.74. The van der Waals surface area contributed by atoms with E-state index in [0.717, 1.165) is 44.4 Å². The molecule has 160 valence electrons. The summed E-state index contributed by atoms with van der Waals surface area (Å²) in [4.78, 5) is 30.8. The SMILES string of the molecule is O=C1NC(=O)[C@@](CCc2ccccc2)(C2CCN(Cc3c[nH]c4ccccc34)CC2)N1. The van der Waals surface area contributed by atoms with Crippen molar-refractivity contribution in [1.82, 2.24) is 20.5 Å². The Morgan fingerprint density at radius 1 is 0.968 bits per heavy atom. The molecule has 3 heterocycles. The summed E-state index contributed by atoms with van der Waals surface area (Å²) < 4.78 is 0. The van der Waals surface area contributed by atoms with Gasteiger partial charge in [0.2, 0.25) is 0 Å². The van der Waals surface area contributed by atoms with Crippen LogP contribution in [0.15, 0.2) is 60.8 Å². The van der Waals surface area contributed by atoms with E-state index in [1.807, 2.05) is 24.3 Å². The summed E-state index contributed by atoms with van der Waals surface area (Å²) >= 11 is 0. The molecule has 31 heavy (non-hydrogen) atoms. The first-order valence-corrected chi connectivity index (χ1v) is 11.1. The van der Waals surface area contributed by atoms with Crippen LogP contribution < -0.4 is 10.6 Å². The number of hydrogen-bond donors (Lipinski definition) is 3. The van der Waals surface area contributed by atoms with Crippen LogP contribution in [0.5, 0.6) is 0 Å². The lowest BCUT2D eigenvalue weighted by Gasteiger charge is -2.40. The van der Waals surface area contributed by atoms with E-state index in [4.69, 9.17) is 0 Å². The average molecular weight is 417 g/mol. The number of imide groups is 1. The number of rotatable bonds is 6. The first-order chi connectivity index (χ1) is 15.1. The van der Waals surface area contributed by atoms with E-state index in [0.29, 0.717) is 6.42 Å². The largest absolute Gasteiger partial charge is 0.361 e. The fourth-order valence-corrected chi connectivity index (χ4v) is 5.25. The van der Waals surface area contributed by atoms with Gasteiger partial charge in [0.1, 0.15) is 5.54 Å². The van der Waals surface area contributed by atoms with Crippen molar-refractivity contribution in [2.24, 2.45) is 5.92 Å². The van der Waals surface area contributed by atoms with Gasteiger partial charge >= 0.3 is 6.03 Å². The Balaban J connectivity index is 1.27. The Bertz CT molecular complexity index is 1090. The summed E-state index contributed by atoms with van der Waals surface area (Å²) in [5, 5.41) is 6.79. The third-order valence-corrected chi connectivity index (χ3v) is 6.97. The van der Waals surface area contributed by atoms with Crippen LogP contribution in [-0.2, 0) is 17.8 Å². The van der Waals surface area contributed by atoms with Crippen molar-refractivity contribution >= 4 is 22.8 Å². The van der Waals surface area contributed by atoms with E-state index >= 15 is 0 Å². The first kappa shape index (κ1) is 19.8. The zero-order valence-corrected chi connectivity index (χ0v) is 17.6. The number of carbonyl (C=O) groups excluding carboxylic acids is 2. The van der Waals surface area contributed by atoms with Crippen LogP contribution >= 0.6 is 0 Å². The molecule has 3 aromatic rings. The van der Waals surface area contributed by atoms with Gasteiger partial charge in [-0.15, -0.1) is 0 Å². The molecule has 1 aromatic heterocycles. The van der Waals surface area contributed by atoms with Crippen molar-refractivity contribution in [2.45, 2.75) is 37.8 Å². The average Bonchev–Trinajstić information content (AvgIpc) is 3.34. The Kier molecular flexibility index (Phi) is 5.24. The molecule has 2 aliphatic heterocycles. The number of carbonyl (C=O) groups is 2. The number of benzene rings is 2. The van der Waals surface area contributed by atoms with E-state index in [2.05, 4.69) is 57.0 Å². The lowest BCUT2D eigenvalue weighted by Crippen LogP contribution is -2.56. The lowest BCUT2D eigenvalue weighted by molar-refractivity contribution is -0.127. The minimum Gasteiger partial charge on any atom is -0.361 e. The highest BCUT2D eigenvalue weighted by molar-refractivity contribution is 6.07. The van der Waals surface area contributed by atoms with E-state index in [-0.39, 0.29) is 17.9 Å². The number of fused-ring (bicyclic) bond motifs is 1. The fraction of sp³-hybridized carbons (Fsp3) is 0.360. The van der Waals surface area contributed by atoms with E-state index in [1.54, 1.807) is 0 Å². The standard InChI is InChI=1S/C25H28N4O2/c30-23-25(28-24(31)27-23,13-10-18-6-2-1-3-7-18)20-11-14-29(15-12-20)17-19-16-26-22-9-5-4-8-21(19)22/h1-9,16,20,26H,10-15,17H2,(H2,27,28,30,31)/t25-/m1/s1. The fourth-order valence-electron chi connectivity index (χ4n) is 5.25. The Morgan fingerprint density at radius 3 is 2.45 bits per heavy atom. The minimum absolute atomic E-state index is 0.141. The Hall–Kier alpha value is -3.12. The third-order valence-electron chi connectivity index (χ3n) is 6.97. The monoisotopic (exact) mass is 416 g/mol. The van der Waals surface area contributed by atoms with Crippen LogP contribution in [0.1, 0.15) is 30.4 Å². The summed E-state index contributed by atoms with van der Waals surface area (Å²) in [6.07, 6.45) is 5.28. The minimum atomic E-state index is -0.806. The molecule has 0 aliphatic carbocycles. The maximum Gasteiger partial charge on any atom is 0.322 e. The van der Waals surface area contributed by atoms with Crippen molar-refractivity contribution in [2.75, 3.05) is 13.1 Å². The molecule has 2 aromatic carbocycles. The van der Waals surface area contributed by atoms with Crippen LogP contribution in [0.3, 0.4) is 0 Å². The van der Waals surface area contributed by atoms with Crippen molar-refractivity contribution in [1.29, 1.82) is 0 Å². The number of nitrogens with zero attached hydrogens (tertiary/aromatic N) is 1. The van der Waals surface area contributed by atoms with Crippen LogP contribution in [0, 0.1) is 5.92 Å². The third kappa shape index (κ3) is 3.83. The number of hydrogen-bond acceptors (Lipinski definition) is 3. The van der Waals surface area contributed by atoms with E-state index in [1.165, 1.54) is 16.5 Å². The number of aromatic amines is 1. The molecule has 6 heteroatoms. The number of urea groups is 1. The summed E-state index contributed by atoms with van der Waals surface area (Å²) in [6, 6.07) is 18.2. The molecule has 3 N–H and O–H groups in total. The normalized spacial score (nSPS) is 22.6. The van der Waals surface area contributed by atoms with Gasteiger partial charge in [0.25, 0.3) is 5.91 Å². The first-order valence-electron chi connectivity index (χ1n) is 11.1. The summed E-state index contributed by atoms with van der Waals surface area (Å²) in [5.41, 5.74) is 2.85. The smallest absolute Gasteiger partial charge is 0.322 e. The van der Waals surface area contributed by atoms with Gasteiger partial charge in [0.05, 0.1) is 0 Å². The van der Waals surface area contributed by atoms with Crippen molar-refractivity contribution < 1.29 is 9.59 Å². The number of nitrogens with one attached hydrogen (secondary N) is 3. The summed E-state index contributed by atoms with van der Waals surface area (Å²) in [7, 11) is 0. The van der Waals surface area contributed by atoms with Crippen LogP contribution in [-0.4, -0.2) is 40.5 Å². The molecule has 3 amide bonds. The maximum atomic E-state index is 12.9. The van der Waals surface area contributed by atoms with Gasteiger partial charge in [-0.25, -0.2) is 4.79 Å². The molecular formula is C25H28N4O2. The van der Waals surface area contributed by atoms with Crippen molar-refractivity contribution in [3.63, 3.8) is 0 Å². The number of piperidine rings is 1.